The first kappa shape index (κ1) is 29.1. The average molecular weight is 529 g/mol. The van der Waals surface area contributed by atoms with Crippen molar-refractivity contribution in [2.45, 2.75) is 26.4 Å². The molecule has 4 aromatic carbocycles. The van der Waals surface area contributed by atoms with Gasteiger partial charge in [-0.2, -0.15) is 0 Å². The van der Waals surface area contributed by atoms with Gasteiger partial charge in [-0.3, -0.25) is 5.41 Å². The highest BCUT2D eigenvalue weighted by molar-refractivity contribution is 5.95. The van der Waals surface area contributed by atoms with Crippen molar-refractivity contribution in [2.24, 2.45) is 5.73 Å². The summed E-state index contributed by atoms with van der Waals surface area (Å²) in [6.45, 7) is 3.41. The van der Waals surface area contributed by atoms with Gasteiger partial charge in [0.25, 0.3) is 0 Å². The van der Waals surface area contributed by atoms with Gasteiger partial charge in [-0.05, 0) is 52.9 Å². The maximum Gasteiger partial charge on any atom is 0.165 e. The fourth-order valence-electron chi connectivity index (χ4n) is 4.11. The number of amidine groups is 1. The van der Waals surface area contributed by atoms with Crippen LogP contribution in [0.1, 0.15) is 30.0 Å². The Morgan fingerprint density at radius 2 is 1.44 bits per heavy atom. The summed E-state index contributed by atoms with van der Waals surface area (Å²) in [5.74, 6) is 2.91. The maximum atomic E-state index is 7.58. The van der Waals surface area contributed by atoms with Gasteiger partial charge in [0.1, 0.15) is 37.2 Å². The lowest BCUT2D eigenvalue weighted by Gasteiger charge is -2.15. The summed E-state index contributed by atoms with van der Waals surface area (Å²) in [6.07, 6.45) is 1.92. The lowest BCUT2D eigenvalue weighted by Crippen LogP contribution is -2.10. The first-order valence-electron chi connectivity index (χ1n) is 12.8. The van der Waals surface area contributed by atoms with Crippen LogP contribution in [-0.4, -0.2) is 31.6 Å². The fraction of sp³-hybridized carbons (Fsp3) is 0.219. The Labute approximate surface area is 229 Å². The number of nitrogens with one attached hydrogen (secondary N) is 1. The van der Waals surface area contributed by atoms with Crippen LogP contribution in [0, 0.1) is 5.41 Å². The van der Waals surface area contributed by atoms with Crippen molar-refractivity contribution in [3.05, 3.63) is 108 Å². The second kappa shape index (κ2) is 14.4. The van der Waals surface area contributed by atoms with E-state index in [1.165, 1.54) is 0 Å². The quantitative estimate of drug-likeness (QED) is 0.129. The van der Waals surface area contributed by atoms with E-state index in [0.29, 0.717) is 42.6 Å². The van der Waals surface area contributed by atoms with E-state index >= 15 is 0 Å². The molecule has 0 spiro atoms. The van der Waals surface area contributed by atoms with Crippen molar-refractivity contribution in [3.63, 3.8) is 0 Å². The Hall–Kier alpha value is -4.49. The van der Waals surface area contributed by atoms with E-state index in [-0.39, 0.29) is 11.3 Å². The summed E-state index contributed by atoms with van der Waals surface area (Å²) < 4.78 is 23.5. The summed E-state index contributed by atoms with van der Waals surface area (Å²) in [4.78, 5) is 0. The zero-order valence-corrected chi connectivity index (χ0v) is 22.4. The van der Waals surface area contributed by atoms with E-state index in [9.17, 15) is 0 Å². The number of benzene rings is 4. The molecule has 0 saturated heterocycles. The predicted octanol–water partition coefficient (Wildman–Crippen LogP) is 5.81. The molecule has 0 aromatic heterocycles. The van der Waals surface area contributed by atoms with Crippen LogP contribution in [0.5, 0.6) is 23.0 Å². The Morgan fingerprint density at radius 3 is 2.13 bits per heavy atom. The average Bonchev–Trinajstić information content (AvgIpc) is 2.95. The van der Waals surface area contributed by atoms with Gasteiger partial charge < -0.3 is 30.2 Å². The third kappa shape index (κ3) is 7.99. The Kier molecular flexibility index (Phi) is 10.8. The van der Waals surface area contributed by atoms with E-state index in [1.54, 1.807) is 7.11 Å². The molecule has 0 aliphatic heterocycles. The normalized spacial score (nSPS) is 10.3. The maximum absolute atomic E-state index is 7.58. The van der Waals surface area contributed by atoms with Crippen molar-refractivity contribution in [3.8, 4) is 34.1 Å². The van der Waals surface area contributed by atoms with Crippen molar-refractivity contribution < 1.29 is 24.4 Å². The summed E-state index contributed by atoms with van der Waals surface area (Å²) in [7, 11) is 1.62. The van der Waals surface area contributed by atoms with E-state index in [2.05, 4.69) is 19.1 Å². The third-order valence-electron chi connectivity index (χ3n) is 6.09. The largest absolute Gasteiger partial charge is 0.493 e. The molecule has 7 heteroatoms. The van der Waals surface area contributed by atoms with Gasteiger partial charge in [0.05, 0.1) is 7.11 Å². The highest BCUT2D eigenvalue weighted by Gasteiger charge is 2.10. The lowest BCUT2D eigenvalue weighted by molar-refractivity contribution is 0.214. The summed E-state index contributed by atoms with van der Waals surface area (Å²) >= 11 is 0. The van der Waals surface area contributed by atoms with Crippen LogP contribution in [-0.2, 0) is 13.0 Å². The van der Waals surface area contributed by atoms with Gasteiger partial charge in [0, 0.05) is 11.6 Å². The first-order valence-corrected chi connectivity index (χ1v) is 12.8. The molecule has 0 fully saturated rings. The number of nitrogen functional groups attached to an aromatic ring is 1. The van der Waals surface area contributed by atoms with Crippen LogP contribution >= 0.6 is 0 Å². The van der Waals surface area contributed by atoms with Crippen LogP contribution < -0.4 is 24.7 Å². The minimum absolute atomic E-state index is 0. The molecule has 0 aliphatic carbocycles. The minimum Gasteiger partial charge on any atom is -0.493 e. The first-order chi connectivity index (χ1) is 18.6. The molecule has 39 heavy (non-hydrogen) atoms. The molecule has 7 nitrogen and oxygen atoms in total. The standard InChI is InChI=1S/C32H34N2O4.H2O/c1-3-7-27-20-26(24-10-12-25(13-11-24)32(33)34)14-16-29(27)37-19-18-36-28-15-17-30(35-2)31(21-28)38-22-23-8-5-4-6-9-23;/h4-6,8-17,20-21H,3,7,18-19,22H2,1-2H3,(H3,33,34);1H2. The molecule has 0 amide bonds. The van der Waals surface area contributed by atoms with Crippen LogP contribution in [0.2, 0.25) is 0 Å². The lowest BCUT2D eigenvalue weighted by atomic mass is 9.99. The number of hydrogen-bond donors (Lipinski definition) is 2. The Balaban J connectivity index is 0.00000420. The monoisotopic (exact) mass is 528 g/mol. The van der Waals surface area contributed by atoms with Gasteiger partial charge in [-0.1, -0.05) is 74.0 Å². The summed E-state index contributed by atoms with van der Waals surface area (Å²) in [5.41, 5.74) is 10.7. The number of nitrogens with two attached hydrogens (primary N) is 1. The number of aryl methyl sites for hydroxylation is 1. The number of ether oxygens (including phenoxy) is 4. The molecule has 0 heterocycles. The van der Waals surface area contributed by atoms with Gasteiger partial charge in [-0.15, -0.1) is 0 Å². The molecular weight excluding hydrogens is 492 g/mol. The molecule has 4 rings (SSSR count). The van der Waals surface area contributed by atoms with E-state index < -0.39 is 0 Å². The van der Waals surface area contributed by atoms with Crippen molar-refractivity contribution in [1.82, 2.24) is 0 Å². The fourth-order valence-corrected chi connectivity index (χ4v) is 4.11. The minimum atomic E-state index is 0. The molecule has 0 unspecified atom stereocenters. The van der Waals surface area contributed by atoms with Crippen molar-refractivity contribution >= 4 is 5.84 Å². The van der Waals surface area contributed by atoms with Crippen molar-refractivity contribution in [1.29, 1.82) is 5.41 Å². The molecule has 0 atom stereocenters. The predicted molar refractivity (Wildman–Crippen MR) is 155 cm³/mol. The van der Waals surface area contributed by atoms with Gasteiger partial charge >= 0.3 is 0 Å². The highest BCUT2D eigenvalue weighted by Crippen LogP contribution is 2.32. The second-order valence-electron chi connectivity index (χ2n) is 8.85. The van der Waals surface area contributed by atoms with Crippen molar-refractivity contribution in [2.75, 3.05) is 20.3 Å². The van der Waals surface area contributed by atoms with Crippen LogP contribution in [0.3, 0.4) is 0 Å². The zero-order chi connectivity index (χ0) is 26.7. The van der Waals surface area contributed by atoms with Crippen LogP contribution in [0.25, 0.3) is 11.1 Å². The molecule has 4 aromatic rings. The van der Waals surface area contributed by atoms with Gasteiger partial charge in [-0.25, -0.2) is 0 Å². The van der Waals surface area contributed by atoms with Crippen LogP contribution in [0.4, 0.5) is 0 Å². The topological polar surface area (TPSA) is 118 Å². The second-order valence-corrected chi connectivity index (χ2v) is 8.85. The summed E-state index contributed by atoms with van der Waals surface area (Å²) in [6, 6.07) is 29.5. The number of rotatable bonds is 13. The van der Waals surface area contributed by atoms with E-state index in [1.807, 2.05) is 78.9 Å². The van der Waals surface area contributed by atoms with Gasteiger partial charge in [0.2, 0.25) is 0 Å². The van der Waals surface area contributed by atoms with Crippen LogP contribution in [0.15, 0.2) is 91.0 Å². The molecule has 0 saturated carbocycles. The molecule has 0 radical (unpaired) electrons. The zero-order valence-electron chi connectivity index (χ0n) is 22.4. The smallest absolute Gasteiger partial charge is 0.165 e. The molecule has 0 aliphatic rings. The number of methoxy groups -OCH3 is 1. The SMILES string of the molecule is CCCc1cc(-c2ccc(C(=N)N)cc2)ccc1OCCOc1ccc(OC)c(OCc2ccccc2)c1.O. The molecule has 5 N–H and O–H groups in total. The van der Waals surface area contributed by atoms with Gasteiger partial charge in [0.15, 0.2) is 11.5 Å². The molecular formula is C32H36N2O5. The molecule has 0 bridgehead atoms. The highest BCUT2D eigenvalue weighted by atomic mass is 16.5. The Bertz CT molecular complexity index is 1340. The Morgan fingerprint density at radius 1 is 0.744 bits per heavy atom. The van der Waals surface area contributed by atoms with E-state index in [4.69, 9.17) is 30.1 Å². The number of hydrogen-bond acceptors (Lipinski definition) is 5. The molecule has 204 valence electrons. The summed E-state index contributed by atoms with van der Waals surface area (Å²) in [5, 5.41) is 7.58. The van der Waals surface area contributed by atoms with E-state index in [0.717, 1.165) is 40.8 Å². The third-order valence-corrected chi connectivity index (χ3v) is 6.09.